The summed E-state index contributed by atoms with van der Waals surface area (Å²) in [5.74, 6) is 0.586. The molecule has 0 radical (unpaired) electrons. The van der Waals surface area contributed by atoms with Gasteiger partial charge in [-0.05, 0) is 43.9 Å². The van der Waals surface area contributed by atoms with Crippen molar-refractivity contribution in [3.8, 4) is 0 Å². The Bertz CT molecular complexity index is 338. The number of hydrogen-bond donors (Lipinski definition) is 1. The Balaban J connectivity index is 2.70. The van der Waals surface area contributed by atoms with E-state index >= 15 is 0 Å². The van der Waals surface area contributed by atoms with Crippen LogP contribution in [0, 0.1) is 16.7 Å². The van der Waals surface area contributed by atoms with Crippen LogP contribution >= 0.6 is 0 Å². The van der Waals surface area contributed by atoms with E-state index in [2.05, 4.69) is 13.8 Å². The fourth-order valence-corrected chi connectivity index (χ4v) is 2.72. The minimum absolute atomic E-state index is 0.0832. The van der Waals surface area contributed by atoms with Gasteiger partial charge in [0.1, 0.15) is 0 Å². The second kappa shape index (κ2) is 6.11. The third-order valence-electron chi connectivity index (χ3n) is 5.19. The Morgan fingerprint density at radius 2 is 1.74 bits per heavy atom. The molecule has 0 aromatic carbocycles. The van der Waals surface area contributed by atoms with Crippen molar-refractivity contribution in [2.75, 3.05) is 0 Å². The lowest BCUT2D eigenvalue weighted by atomic mass is 9.72. The molecule has 1 saturated carbocycles. The van der Waals surface area contributed by atoms with E-state index in [4.69, 9.17) is 0 Å². The zero-order valence-electron chi connectivity index (χ0n) is 13.3. The minimum atomic E-state index is -0.318. The van der Waals surface area contributed by atoms with Gasteiger partial charge in [-0.2, -0.15) is 0 Å². The number of carbonyl (C=O) groups excluding carboxylic acids is 1. The smallest absolute Gasteiger partial charge is 0.164 e. The van der Waals surface area contributed by atoms with Crippen molar-refractivity contribution in [1.82, 2.24) is 0 Å². The zero-order chi connectivity index (χ0) is 14.7. The summed E-state index contributed by atoms with van der Waals surface area (Å²) in [6.07, 6.45) is 7.41. The van der Waals surface area contributed by atoms with E-state index in [0.29, 0.717) is 11.2 Å². The van der Waals surface area contributed by atoms with Gasteiger partial charge >= 0.3 is 0 Å². The highest BCUT2D eigenvalue weighted by Crippen LogP contribution is 2.40. The quantitative estimate of drug-likeness (QED) is 0.559. The van der Waals surface area contributed by atoms with Crippen LogP contribution in [-0.2, 0) is 4.79 Å². The fraction of sp³-hybridized carbons (Fsp3) is 0.824. The summed E-state index contributed by atoms with van der Waals surface area (Å²) in [6, 6.07) is 0. The third kappa shape index (κ3) is 4.09. The Hall–Kier alpha value is -0.790. The van der Waals surface area contributed by atoms with Gasteiger partial charge in [-0.25, -0.2) is 0 Å². The normalized spacial score (nSPS) is 21.4. The summed E-state index contributed by atoms with van der Waals surface area (Å²) in [5.41, 5.74) is 0.0735. The second-order valence-corrected chi connectivity index (χ2v) is 7.14. The van der Waals surface area contributed by atoms with E-state index in [1.54, 1.807) is 0 Å². The van der Waals surface area contributed by atoms with Crippen LogP contribution in [0.2, 0.25) is 0 Å². The van der Waals surface area contributed by atoms with E-state index in [1.165, 1.54) is 6.08 Å². The SMILES string of the molecule is CCC(C)(CC)C(=O)/C=C(\O)C1CCC(C)(C)CC1. The molecule has 0 amide bonds. The molecule has 1 aliphatic carbocycles. The largest absolute Gasteiger partial charge is 0.512 e. The Morgan fingerprint density at radius 3 is 2.16 bits per heavy atom. The van der Waals surface area contributed by atoms with Gasteiger partial charge in [0.25, 0.3) is 0 Å². The van der Waals surface area contributed by atoms with Crippen molar-refractivity contribution in [2.45, 2.75) is 73.1 Å². The molecule has 1 rings (SSSR count). The van der Waals surface area contributed by atoms with E-state index in [9.17, 15) is 9.90 Å². The highest BCUT2D eigenvalue weighted by atomic mass is 16.3. The molecule has 0 spiro atoms. The first kappa shape index (κ1) is 16.3. The minimum Gasteiger partial charge on any atom is -0.512 e. The molecule has 0 heterocycles. The Kier molecular flexibility index (Phi) is 5.23. The molecular weight excluding hydrogens is 236 g/mol. The van der Waals surface area contributed by atoms with Gasteiger partial charge in [0, 0.05) is 17.4 Å². The van der Waals surface area contributed by atoms with Crippen LogP contribution in [-0.4, -0.2) is 10.9 Å². The summed E-state index contributed by atoms with van der Waals surface area (Å²) >= 11 is 0. The maximum atomic E-state index is 12.3. The molecule has 0 aliphatic heterocycles. The fourth-order valence-electron chi connectivity index (χ4n) is 2.72. The van der Waals surface area contributed by atoms with Crippen LogP contribution in [0.5, 0.6) is 0 Å². The lowest BCUT2D eigenvalue weighted by Crippen LogP contribution is -2.26. The van der Waals surface area contributed by atoms with Crippen LogP contribution in [0.4, 0.5) is 0 Å². The van der Waals surface area contributed by atoms with Gasteiger partial charge < -0.3 is 5.11 Å². The van der Waals surface area contributed by atoms with Crippen molar-refractivity contribution in [1.29, 1.82) is 0 Å². The van der Waals surface area contributed by atoms with Gasteiger partial charge in [0.15, 0.2) is 5.78 Å². The first-order valence-electron chi connectivity index (χ1n) is 7.69. The lowest BCUT2D eigenvalue weighted by molar-refractivity contribution is -0.123. The van der Waals surface area contributed by atoms with E-state index < -0.39 is 0 Å². The number of aliphatic hydroxyl groups excluding tert-OH is 1. The highest BCUT2D eigenvalue weighted by Gasteiger charge is 2.31. The molecule has 0 unspecified atom stereocenters. The summed E-state index contributed by atoms with van der Waals surface area (Å²) in [5, 5.41) is 10.2. The maximum Gasteiger partial charge on any atom is 0.164 e. The molecule has 2 nitrogen and oxygen atoms in total. The number of allylic oxidation sites excluding steroid dienone is 2. The van der Waals surface area contributed by atoms with Gasteiger partial charge in [0.05, 0.1) is 5.76 Å². The average molecular weight is 266 g/mol. The highest BCUT2D eigenvalue weighted by molar-refractivity contribution is 5.94. The third-order valence-corrected chi connectivity index (χ3v) is 5.19. The summed E-state index contributed by atoms with van der Waals surface area (Å²) in [6.45, 7) is 10.6. The number of ketones is 1. The lowest BCUT2D eigenvalue weighted by Gasteiger charge is -2.34. The number of hydrogen-bond acceptors (Lipinski definition) is 2. The Morgan fingerprint density at radius 1 is 1.26 bits per heavy atom. The summed E-state index contributed by atoms with van der Waals surface area (Å²) in [4.78, 5) is 12.3. The van der Waals surface area contributed by atoms with Crippen molar-refractivity contribution in [3.63, 3.8) is 0 Å². The molecular formula is C17H30O2. The van der Waals surface area contributed by atoms with E-state index in [1.807, 2.05) is 20.8 Å². The van der Waals surface area contributed by atoms with Crippen molar-refractivity contribution >= 4 is 5.78 Å². The molecule has 1 aliphatic rings. The van der Waals surface area contributed by atoms with E-state index in [0.717, 1.165) is 38.5 Å². The predicted octanol–water partition coefficient (Wildman–Crippen LogP) is 5.04. The van der Waals surface area contributed by atoms with Crippen molar-refractivity contribution < 1.29 is 9.90 Å². The first-order chi connectivity index (χ1) is 8.74. The zero-order valence-corrected chi connectivity index (χ0v) is 13.3. The maximum absolute atomic E-state index is 12.3. The van der Waals surface area contributed by atoms with Crippen LogP contribution in [0.3, 0.4) is 0 Å². The van der Waals surface area contributed by atoms with Crippen LogP contribution in [0.15, 0.2) is 11.8 Å². The molecule has 0 saturated heterocycles. The average Bonchev–Trinajstić information content (AvgIpc) is 2.37. The van der Waals surface area contributed by atoms with Crippen LogP contribution in [0.1, 0.15) is 73.1 Å². The van der Waals surface area contributed by atoms with E-state index in [-0.39, 0.29) is 17.1 Å². The van der Waals surface area contributed by atoms with Crippen LogP contribution < -0.4 is 0 Å². The Labute approximate surface area is 118 Å². The van der Waals surface area contributed by atoms with Gasteiger partial charge in [-0.15, -0.1) is 0 Å². The molecule has 1 N–H and O–H groups in total. The topological polar surface area (TPSA) is 37.3 Å². The van der Waals surface area contributed by atoms with Gasteiger partial charge in [-0.3, -0.25) is 4.79 Å². The second-order valence-electron chi connectivity index (χ2n) is 7.14. The van der Waals surface area contributed by atoms with Crippen molar-refractivity contribution in [3.05, 3.63) is 11.8 Å². The monoisotopic (exact) mass is 266 g/mol. The molecule has 0 atom stereocenters. The number of aliphatic hydroxyl groups is 1. The molecule has 19 heavy (non-hydrogen) atoms. The van der Waals surface area contributed by atoms with Crippen molar-refractivity contribution in [2.24, 2.45) is 16.7 Å². The number of carbonyl (C=O) groups is 1. The van der Waals surface area contributed by atoms with Crippen LogP contribution in [0.25, 0.3) is 0 Å². The molecule has 110 valence electrons. The summed E-state index contributed by atoms with van der Waals surface area (Å²) < 4.78 is 0. The molecule has 1 fully saturated rings. The van der Waals surface area contributed by atoms with Gasteiger partial charge in [-0.1, -0.05) is 34.6 Å². The number of rotatable bonds is 5. The predicted molar refractivity (Wildman–Crippen MR) is 80.1 cm³/mol. The standard InChI is InChI=1S/C17H30O2/c1-6-17(5,7-2)15(19)12-14(18)13-8-10-16(3,4)11-9-13/h12-13,18H,6-11H2,1-5H3/b14-12-. The first-order valence-corrected chi connectivity index (χ1v) is 7.69. The molecule has 0 aromatic rings. The molecule has 2 heteroatoms. The molecule has 0 aromatic heterocycles. The summed E-state index contributed by atoms with van der Waals surface area (Å²) in [7, 11) is 0. The molecule has 0 bridgehead atoms. The van der Waals surface area contributed by atoms with Gasteiger partial charge in [0.2, 0.25) is 0 Å².